The molecule has 18 heavy (non-hydrogen) atoms. The molecule has 0 saturated carbocycles. The van der Waals surface area contributed by atoms with Gasteiger partial charge in [-0.3, -0.25) is 0 Å². The third-order valence-corrected chi connectivity index (χ3v) is 4.89. The van der Waals surface area contributed by atoms with Crippen LogP contribution in [0.1, 0.15) is 20.3 Å². The second kappa shape index (κ2) is 6.50. The minimum absolute atomic E-state index is 0.238. The molecule has 0 amide bonds. The molecule has 0 atom stereocenters. The van der Waals surface area contributed by atoms with Crippen molar-refractivity contribution in [1.82, 2.24) is 4.31 Å². The minimum Gasteiger partial charge on any atom is -0.207 e. The van der Waals surface area contributed by atoms with E-state index in [-0.39, 0.29) is 17.5 Å². The normalized spacial score (nSPS) is 12.3. The van der Waals surface area contributed by atoms with E-state index < -0.39 is 15.8 Å². The third-order valence-electron chi connectivity index (χ3n) is 2.51. The number of hydrogen-bond donors (Lipinski definition) is 0. The van der Waals surface area contributed by atoms with Crippen molar-refractivity contribution < 1.29 is 12.8 Å². The highest BCUT2D eigenvalue weighted by molar-refractivity contribution is 7.89. The van der Waals surface area contributed by atoms with Gasteiger partial charge in [0.2, 0.25) is 10.0 Å². The van der Waals surface area contributed by atoms with Crippen LogP contribution in [0.2, 0.25) is 0 Å². The quantitative estimate of drug-likeness (QED) is 0.756. The predicted molar refractivity (Wildman–Crippen MR) is 70.8 cm³/mol. The van der Waals surface area contributed by atoms with Crippen molar-refractivity contribution in [3.8, 4) is 0 Å². The fourth-order valence-electron chi connectivity index (χ4n) is 1.65. The van der Waals surface area contributed by atoms with Gasteiger partial charge in [-0.25, -0.2) is 12.8 Å². The Balaban J connectivity index is 3.14. The lowest BCUT2D eigenvalue weighted by Gasteiger charge is -2.25. The summed E-state index contributed by atoms with van der Waals surface area (Å²) in [6.07, 6.45) is 0.535. The Hall–Kier alpha value is -0.650. The summed E-state index contributed by atoms with van der Waals surface area (Å²) in [5, 5.41) is 0. The SMILES string of the molecule is CC(C)N(CCCCl)S(=O)(=O)c1ccccc1F. The van der Waals surface area contributed by atoms with Crippen LogP contribution in [-0.4, -0.2) is 31.2 Å². The number of alkyl halides is 1. The number of nitrogens with zero attached hydrogens (tertiary/aromatic N) is 1. The zero-order valence-corrected chi connectivity index (χ0v) is 12.0. The average molecular weight is 294 g/mol. The molecule has 0 aliphatic rings. The molecule has 0 heterocycles. The number of benzene rings is 1. The second-order valence-electron chi connectivity index (χ2n) is 4.18. The Kier molecular flexibility index (Phi) is 5.56. The van der Waals surface area contributed by atoms with Crippen molar-refractivity contribution in [2.45, 2.75) is 31.2 Å². The number of hydrogen-bond acceptors (Lipinski definition) is 2. The predicted octanol–water partition coefficient (Wildman–Crippen LogP) is 2.85. The fourth-order valence-corrected chi connectivity index (χ4v) is 3.51. The lowest BCUT2D eigenvalue weighted by molar-refractivity contribution is 0.352. The molecule has 0 saturated heterocycles. The summed E-state index contributed by atoms with van der Waals surface area (Å²) < 4.78 is 39.6. The van der Waals surface area contributed by atoms with E-state index in [2.05, 4.69) is 0 Å². The van der Waals surface area contributed by atoms with Crippen LogP contribution >= 0.6 is 11.6 Å². The molecular weight excluding hydrogens is 277 g/mol. The highest BCUT2D eigenvalue weighted by atomic mass is 35.5. The number of sulfonamides is 1. The van der Waals surface area contributed by atoms with E-state index in [0.717, 1.165) is 6.07 Å². The van der Waals surface area contributed by atoms with Gasteiger partial charge in [0.1, 0.15) is 10.7 Å². The molecule has 102 valence electrons. The maximum absolute atomic E-state index is 13.6. The molecule has 0 spiro atoms. The van der Waals surface area contributed by atoms with Gasteiger partial charge in [-0.2, -0.15) is 4.31 Å². The summed E-state index contributed by atoms with van der Waals surface area (Å²) >= 11 is 5.58. The van der Waals surface area contributed by atoms with E-state index in [4.69, 9.17) is 11.6 Å². The molecular formula is C12H17ClFNO2S. The number of rotatable bonds is 6. The van der Waals surface area contributed by atoms with Gasteiger partial charge in [0.05, 0.1) is 0 Å². The highest BCUT2D eigenvalue weighted by Crippen LogP contribution is 2.21. The van der Waals surface area contributed by atoms with E-state index >= 15 is 0 Å². The zero-order chi connectivity index (χ0) is 13.8. The van der Waals surface area contributed by atoms with Gasteiger partial charge in [-0.1, -0.05) is 12.1 Å². The van der Waals surface area contributed by atoms with Crippen LogP contribution < -0.4 is 0 Å². The molecule has 1 aromatic carbocycles. The van der Waals surface area contributed by atoms with Crippen molar-refractivity contribution in [3.05, 3.63) is 30.1 Å². The summed E-state index contributed by atoms with van der Waals surface area (Å²) in [6, 6.07) is 5.16. The Morgan fingerprint density at radius 3 is 2.44 bits per heavy atom. The second-order valence-corrected chi connectivity index (χ2v) is 6.42. The molecule has 0 aliphatic carbocycles. The number of halogens is 2. The van der Waals surface area contributed by atoms with Gasteiger partial charge in [0, 0.05) is 18.5 Å². The van der Waals surface area contributed by atoms with Crippen molar-refractivity contribution in [1.29, 1.82) is 0 Å². The zero-order valence-electron chi connectivity index (χ0n) is 10.4. The summed E-state index contributed by atoms with van der Waals surface area (Å²) in [6.45, 7) is 3.80. The Morgan fingerprint density at radius 2 is 1.94 bits per heavy atom. The van der Waals surface area contributed by atoms with E-state index in [0.29, 0.717) is 12.3 Å². The molecule has 3 nitrogen and oxygen atoms in total. The maximum atomic E-state index is 13.6. The van der Waals surface area contributed by atoms with Crippen molar-refractivity contribution >= 4 is 21.6 Å². The van der Waals surface area contributed by atoms with Gasteiger partial charge in [0.15, 0.2) is 0 Å². The lowest BCUT2D eigenvalue weighted by atomic mass is 10.3. The lowest BCUT2D eigenvalue weighted by Crippen LogP contribution is -2.38. The largest absolute Gasteiger partial charge is 0.246 e. The average Bonchev–Trinajstić information content (AvgIpc) is 2.29. The molecule has 6 heteroatoms. The van der Waals surface area contributed by atoms with Crippen LogP contribution in [0.25, 0.3) is 0 Å². The van der Waals surface area contributed by atoms with Crippen LogP contribution in [0.15, 0.2) is 29.2 Å². The Morgan fingerprint density at radius 1 is 1.33 bits per heavy atom. The maximum Gasteiger partial charge on any atom is 0.246 e. The van der Waals surface area contributed by atoms with Crippen LogP contribution in [0.3, 0.4) is 0 Å². The van der Waals surface area contributed by atoms with E-state index in [1.54, 1.807) is 13.8 Å². The summed E-state index contributed by atoms with van der Waals surface area (Å²) in [5.41, 5.74) is 0. The molecule has 1 aromatic rings. The first-order chi connectivity index (χ1) is 8.41. The minimum atomic E-state index is -3.80. The summed E-state index contributed by atoms with van der Waals surface area (Å²) in [5.74, 6) is -0.357. The monoisotopic (exact) mass is 293 g/mol. The molecule has 0 radical (unpaired) electrons. The highest BCUT2D eigenvalue weighted by Gasteiger charge is 2.28. The first-order valence-corrected chi connectivity index (χ1v) is 7.71. The van der Waals surface area contributed by atoms with Gasteiger partial charge in [-0.05, 0) is 32.4 Å². The first-order valence-electron chi connectivity index (χ1n) is 5.73. The van der Waals surface area contributed by atoms with E-state index in [1.165, 1.54) is 22.5 Å². The van der Waals surface area contributed by atoms with Crippen LogP contribution in [0, 0.1) is 5.82 Å². The summed E-state index contributed by atoms with van der Waals surface area (Å²) in [7, 11) is -3.80. The topological polar surface area (TPSA) is 37.4 Å². The summed E-state index contributed by atoms with van der Waals surface area (Å²) in [4.78, 5) is -0.284. The van der Waals surface area contributed by atoms with Crippen molar-refractivity contribution in [2.24, 2.45) is 0 Å². The van der Waals surface area contributed by atoms with Crippen LogP contribution in [0.4, 0.5) is 4.39 Å². The first kappa shape index (κ1) is 15.4. The van der Waals surface area contributed by atoms with Gasteiger partial charge in [-0.15, -0.1) is 11.6 Å². The van der Waals surface area contributed by atoms with Crippen LogP contribution in [0.5, 0.6) is 0 Å². The molecule has 0 aromatic heterocycles. The van der Waals surface area contributed by atoms with Crippen LogP contribution in [-0.2, 0) is 10.0 Å². The molecule has 0 N–H and O–H groups in total. The molecule has 0 unspecified atom stereocenters. The fraction of sp³-hybridized carbons (Fsp3) is 0.500. The molecule has 0 fully saturated rings. The van der Waals surface area contributed by atoms with Crippen molar-refractivity contribution in [3.63, 3.8) is 0 Å². The third kappa shape index (κ3) is 3.43. The standard InChI is InChI=1S/C12H17ClFNO2S/c1-10(2)15(9-5-8-13)18(16,17)12-7-4-3-6-11(12)14/h3-4,6-7,10H,5,8-9H2,1-2H3. The van der Waals surface area contributed by atoms with Gasteiger partial charge < -0.3 is 0 Å². The Bertz CT molecular complexity index is 491. The molecule has 1 rings (SSSR count). The van der Waals surface area contributed by atoms with Gasteiger partial charge >= 0.3 is 0 Å². The van der Waals surface area contributed by atoms with Crippen molar-refractivity contribution in [2.75, 3.05) is 12.4 Å². The molecule has 0 aliphatic heterocycles. The van der Waals surface area contributed by atoms with Gasteiger partial charge in [0.25, 0.3) is 0 Å². The smallest absolute Gasteiger partial charge is 0.207 e. The Labute approximate surface area is 113 Å². The van der Waals surface area contributed by atoms with E-state index in [1.807, 2.05) is 0 Å². The molecule has 0 bridgehead atoms. The van der Waals surface area contributed by atoms with E-state index in [9.17, 15) is 12.8 Å².